The lowest BCUT2D eigenvalue weighted by molar-refractivity contribution is -0.115. The number of amides is 1. The van der Waals surface area contributed by atoms with Gasteiger partial charge in [0.1, 0.15) is 5.75 Å². The molecule has 118 valence electrons. The topological polar surface area (TPSA) is 64.4 Å². The number of carbonyl (C=O) groups excluding carboxylic acids is 1. The zero-order valence-corrected chi connectivity index (χ0v) is 13.4. The summed E-state index contributed by atoms with van der Waals surface area (Å²) in [6.07, 6.45) is 7.78. The van der Waals surface area contributed by atoms with Gasteiger partial charge in [0, 0.05) is 11.8 Å². The average molecular weight is 300 g/mol. The molecule has 4 nitrogen and oxygen atoms in total. The molecule has 0 radical (unpaired) electrons. The van der Waals surface area contributed by atoms with Crippen LogP contribution in [-0.4, -0.2) is 19.6 Å². The van der Waals surface area contributed by atoms with E-state index in [1.165, 1.54) is 0 Å². The number of methoxy groups -OCH3 is 1. The molecule has 0 aliphatic heterocycles. The van der Waals surface area contributed by atoms with Crippen molar-refractivity contribution < 1.29 is 9.53 Å². The van der Waals surface area contributed by atoms with E-state index in [-0.39, 0.29) is 5.91 Å². The third-order valence-electron chi connectivity index (χ3n) is 3.08. The second kappa shape index (κ2) is 9.58. The second-order valence-corrected chi connectivity index (χ2v) is 4.67. The number of ether oxygens (including phenoxy) is 1. The summed E-state index contributed by atoms with van der Waals surface area (Å²) in [5, 5.41) is 2.84. The highest BCUT2D eigenvalue weighted by molar-refractivity contribution is 5.96. The predicted octanol–water partition coefficient (Wildman–Crippen LogP) is 3.02. The summed E-state index contributed by atoms with van der Waals surface area (Å²) < 4.78 is 5.22. The van der Waals surface area contributed by atoms with Gasteiger partial charge in [-0.3, -0.25) is 4.79 Å². The van der Waals surface area contributed by atoms with Gasteiger partial charge in [-0.2, -0.15) is 0 Å². The zero-order valence-electron chi connectivity index (χ0n) is 13.4. The van der Waals surface area contributed by atoms with Crippen molar-refractivity contribution >= 4 is 11.5 Å². The molecule has 0 saturated carbocycles. The van der Waals surface area contributed by atoms with Crippen LogP contribution in [0.3, 0.4) is 0 Å². The average Bonchev–Trinajstić information content (AvgIpc) is 2.54. The highest BCUT2D eigenvalue weighted by Gasteiger charge is 2.06. The molecule has 0 aromatic heterocycles. The monoisotopic (exact) mass is 300 g/mol. The molecule has 1 aromatic carbocycles. The van der Waals surface area contributed by atoms with Crippen LogP contribution >= 0.6 is 0 Å². The molecule has 0 spiro atoms. The maximum absolute atomic E-state index is 12.2. The highest BCUT2D eigenvalue weighted by atomic mass is 16.5. The van der Waals surface area contributed by atoms with Crippen LogP contribution < -0.4 is 15.8 Å². The molecule has 0 aliphatic carbocycles. The van der Waals surface area contributed by atoms with Crippen molar-refractivity contribution in [3.8, 4) is 5.75 Å². The molecule has 3 N–H and O–H groups in total. The van der Waals surface area contributed by atoms with E-state index < -0.39 is 0 Å². The van der Waals surface area contributed by atoms with Crippen molar-refractivity contribution in [3.63, 3.8) is 0 Å². The van der Waals surface area contributed by atoms with E-state index in [0.717, 1.165) is 22.6 Å². The molecule has 0 saturated heterocycles. The first-order valence-electron chi connectivity index (χ1n) is 7.29. The number of allylic oxidation sites excluding steroid dienone is 3. The van der Waals surface area contributed by atoms with Gasteiger partial charge >= 0.3 is 0 Å². The van der Waals surface area contributed by atoms with Crippen molar-refractivity contribution in [2.45, 2.75) is 20.3 Å². The lowest BCUT2D eigenvalue weighted by atomic mass is 10.0. The maximum atomic E-state index is 12.2. The van der Waals surface area contributed by atoms with E-state index in [4.69, 9.17) is 10.5 Å². The van der Waals surface area contributed by atoms with Crippen LogP contribution in [0.2, 0.25) is 0 Å². The van der Waals surface area contributed by atoms with Gasteiger partial charge in [-0.05, 0) is 56.2 Å². The fourth-order valence-electron chi connectivity index (χ4n) is 2.00. The summed E-state index contributed by atoms with van der Waals surface area (Å²) in [6.45, 7) is 4.26. The molecule has 0 fully saturated rings. The molecule has 1 aromatic rings. The summed E-state index contributed by atoms with van der Waals surface area (Å²) in [5.74, 6) is 0.585. The standard InChI is InChI=1S/C18H24N2O2/c1-4-7-16(5-2)20-18(21)13-15(10-11-19)14-8-6-9-17(12-14)22-3/h4-9,12-13H,10-11,19H2,1-3H3,(H,20,21). The van der Waals surface area contributed by atoms with Crippen molar-refractivity contribution in [3.05, 3.63) is 59.8 Å². The Balaban J connectivity index is 3.00. The van der Waals surface area contributed by atoms with E-state index in [1.54, 1.807) is 13.2 Å². The number of nitrogens with one attached hydrogen (secondary N) is 1. The first-order valence-corrected chi connectivity index (χ1v) is 7.29. The molecule has 0 aliphatic rings. The molecule has 4 heteroatoms. The zero-order chi connectivity index (χ0) is 16.4. The lowest BCUT2D eigenvalue weighted by Gasteiger charge is -2.09. The Morgan fingerprint density at radius 2 is 2.14 bits per heavy atom. The normalized spacial score (nSPS) is 12.5. The summed E-state index contributed by atoms with van der Waals surface area (Å²) in [6, 6.07) is 7.61. The van der Waals surface area contributed by atoms with Crippen LogP contribution in [-0.2, 0) is 4.79 Å². The predicted molar refractivity (Wildman–Crippen MR) is 91.4 cm³/mol. The number of hydrogen-bond donors (Lipinski definition) is 2. The second-order valence-electron chi connectivity index (χ2n) is 4.67. The minimum atomic E-state index is -0.169. The van der Waals surface area contributed by atoms with Crippen molar-refractivity contribution in [1.29, 1.82) is 0 Å². The molecule has 0 unspecified atom stereocenters. The highest BCUT2D eigenvalue weighted by Crippen LogP contribution is 2.22. The quantitative estimate of drug-likeness (QED) is 0.601. The Kier molecular flexibility index (Phi) is 7.72. The first kappa shape index (κ1) is 17.7. The summed E-state index contributed by atoms with van der Waals surface area (Å²) in [4.78, 5) is 12.2. The van der Waals surface area contributed by atoms with E-state index in [9.17, 15) is 4.79 Å². The Morgan fingerprint density at radius 1 is 1.36 bits per heavy atom. The van der Waals surface area contributed by atoms with Crippen LogP contribution in [0.25, 0.3) is 5.57 Å². The summed E-state index contributed by atoms with van der Waals surface area (Å²) in [7, 11) is 1.62. The lowest BCUT2D eigenvalue weighted by Crippen LogP contribution is -2.20. The van der Waals surface area contributed by atoms with Crippen LogP contribution in [0.15, 0.2) is 54.3 Å². The third-order valence-corrected chi connectivity index (χ3v) is 3.08. The Bertz CT molecular complexity index is 587. The van der Waals surface area contributed by atoms with Gasteiger partial charge in [0.25, 0.3) is 0 Å². The molecule has 0 heterocycles. The SMILES string of the molecule is CC=CC(=CC)NC(=O)C=C(CCN)c1cccc(OC)c1. The van der Waals surface area contributed by atoms with E-state index in [1.807, 2.05) is 56.3 Å². The van der Waals surface area contributed by atoms with Gasteiger partial charge in [-0.25, -0.2) is 0 Å². The number of carbonyl (C=O) groups is 1. The van der Waals surface area contributed by atoms with E-state index in [2.05, 4.69) is 5.32 Å². The molecule has 1 amide bonds. The number of hydrogen-bond acceptors (Lipinski definition) is 3. The van der Waals surface area contributed by atoms with Gasteiger partial charge in [-0.15, -0.1) is 0 Å². The fourth-order valence-corrected chi connectivity index (χ4v) is 2.00. The smallest absolute Gasteiger partial charge is 0.248 e. The minimum Gasteiger partial charge on any atom is -0.497 e. The van der Waals surface area contributed by atoms with Crippen molar-refractivity contribution in [1.82, 2.24) is 5.32 Å². The fraction of sp³-hybridized carbons (Fsp3) is 0.278. The molecule has 0 atom stereocenters. The van der Waals surface area contributed by atoms with Crippen molar-refractivity contribution in [2.75, 3.05) is 13.7 Å². The summed E-state index contributed by atoms with van der Waals surface area (Å²) >= 11 is 0. The molecule has 22 heavy (non-hydrogen) atoms. The third kappa shape index (κ3) is 5.58. The number of nitrogens with two attached hydrogens (primary N) is 1. The van der Waals surface area contributed by atoms with Crippen molar-refractivity contribution in [2.24, 2.45) is 5.73 Å². The van der Waals surface area contributed by atoms with Gasteiger partial charge in [0.2, 0.25) is 5.91 Å². The maximum Gasteiger partial charge on any atom is 0.248 e. The Labute approximate surface area is 132 Å². The molecular weight excluding hydrogens is 276 g/mol. The van der Waals surface area contributed by atoms with Gasteiger partial charge in [0.05, 0.1) is 7.11 Å². The first-order chi connectivity index (χ1) is 10.6. The van der Waals surface area contributed by atoms with E-state index in [0.29, 0.717) is 13.0 Å². The number of benzene rings is 1. The van der Waals surface area contributed by atoms with Gasteiger partial charge in [0.15, 0.2) is 0 Å². The number of rotatable bonds is 7. The molecular formula is C18H24N2O2. The molecule has 0 bridgehead atoms. The van der Waals surface area contributed by atoms with Crippen LogP contribution in [0, 0.1) is 0 Å². The Hall–Kier alpha value is -2.33. The van der Waals surface area contributed by atoms with Crippen LogP contribution in [0.4, 0.5) is 0 Å². The largest absolute Gasteiger partial charge is 0.497 e. The molecule has 1 rings (SSSR count). The van der Waals surface area contributed by atoms with Crippen LogP contribution in [0.1, 0.15) is 25.8 Å². The van der Waals surface area contributed by atoms with Crippen LogP contribution in [0.5, 0.6) is 5.75 Å². The van der Waals surface area contributed by atoms with Gasteiger partial charge in [-0.1, -0.05) is 24.3 Å². The van der Waals surface area contributed by atoms with Gasteiger partial charge < -0.3 is 15.8 Å². The minimum absolute atomic E-state index is 0.169. The Morgan fingerprint density at radius 3 is 2.73 bits per heavy atom. The summed E-state index contributed by atoms with van der Waals surface area (Å²) in [5.41, 5.74) is 8.25. The van der Waals surface area contributed by atoms with E-state index >= 15 is 0 Å².